The highest BCUT2D eigenvalue weighted by Gasteiger charge is 2.24. The van der Waals surface area contributed by atoms with Crippen LogP contribution in [-0.2, 0) is 19.1 Å². The number of hydrogen-bond donors (Lipinski definition) is 1. The van der Waals surface area contributed by atoms with Crippen LogP contribution in [0.15, 0.2) is 29.6 Å². The molecule has 1 unspecified atom stereocenters. The van der Waals surface area contributed by atoms with Crippen LogP contribution in [0.2, 0.25) is 0 Å². The van der Waals surface area contributed by atoms with Crippen LogP contribution in [0.4, 0.5) is 10.8 Å². The zero-order valence-corrected chi connectivity index (χ0v) is 17.7. The third-order valence-electron chi connectivity index (χ3n) is 4.76. The number of likely N-dealkylation sites (tertiary alicyclic amines) is 1. The van der Waals surface area contributed by atoms with Gasteiger partial charge < -0.3 is 9.64 Å². The second-order valence-electron chi connectivity index (χ2n) is 7.09. The molecule has 2 aromatic rings. The van der Waals surface area contributed by atoms with Gasteiger partial charge in [-0.15, -0.1) is 11.3 Å². The Morgan fingerprint density at radius 1 is 1.35 bits per heavy atom. The molecule has 2 amide bonds. The van der Waals surface area contributed by atoms with E-state index in [0.717, 1.165) is 30.6 Å². The van der Waals surface area contributed by atoms with Crippen molar-refractivity contribution >= 4 is 39.9 Å². The van der Waals surface area contributed by atoms with Crippen molar-refractivity contribution in [2.24, 2.45) is 0 Å². The molecule has 0 bridgehead atoms. The van der Waals surface area contributed by atoms with Crippen molar-refractivity contribution in [1.29, 1.82) is 0 Å². The van der Waals surface area contributed by atoms with Gasteiger partial charge in [0.05, 0.1) is 10.6 Å². The van der Waals surface area contributed by atoms with Gasteiger partial charge in [-0.1, -0.05) is 18.6 Å². The van der Waals surface area contributed by atoms with Crippen molar-refractivity contribution in [3.63, 3.8) is 0 Å². The Morgan fingerprint density at radius 3 is 2.94 bits per heavy atom. The summed E-state index contributed by atoms with van der Waals surface area (Å²) in [5, 5.41) is 15.4. The van der Waals surface area contributed by atoms with Gasteiger partial charge in [-0.2, -0.15) is 0 Å². The van der Waals surface area contributed by atoms with Gasteiger partial charge in [0, 0.05) is 36.0 Å². The molecule has 164 valence electrons. The van der Waals surface area contributed by atoms with Crippen LogP contribution < -0.4 is 5.32 Å². The van der Waals surface area contributed by atoms with E-state index in [1.807, 2.05) is 0 Å². The smallest absolute Gasteiger partial charge is 0.326 e. The molecule has 1 atom stereocenters. The number of non-ortho nitro benzene ring substituents is 1. The van der Waals surface area contributed by atoms with Crippen molar-refractivity contribution in [1.82, 2.24) is 9.88 Å². The number of nitrogens with one attached hydrogen (secondary N) is 1. The summed E-state index contributed by atoms with van der Waals surface area (Å²) < 4.78 is 5.17. The molecule has 1 saturated heterocycles. The molecule has 1 aliphatic heterocycles. The molecule has 3 rings (SSSR count). The molecule has 0 saturated carbocycles. The van der Waals surface area contributed by atoms with E-state index in [0.29, 0.717) is 24.2 Å². The number of benzene rings is 1. The highest BCUT2D eigenvalue weighted by molar-refractivity contribution is 7.14. The molecule has 0 aliphatic carbocycles. The molecule has 1 aliphatic rings. The van der Waals surface area contributed by atoms with Gasteiger partial charge in [0.2, 0.25) is 5.91 Å². The number of nitro groups is 1. The number of nitro benzene ring substituents is 1. The number of hydrogen-bond acceptors (Lipinski definition) is 8. The first-order valence-electron chi connectivity index (χ1n) is 9.82. The normalized spacial score (nSPS) is 15.1. The van der Waals surface area contributed by atoms with E-state index in [2.05, 4.69) is 10.3 Å². The molecule has 1 aromatic heterocycles. The average Bonchev–Trinajstić information content (AvgIpc) is 3.11. The number of anilines is 1. The van der Waals surface area contributed by atoms with Crippen LogP contribution in [0.25, 0.3) is 11.3 Å². The lowest BCUT2D eigenvalue weighted by molar-refractivity contribution is -0.384. The van der Waals surface area contributed by atoms with E-state index >= 15 is 0 Å². The highest BCUT2D eigenvalue weighted by Crippen LogP contribution is 2.27. The van der Waals surface area contributed by atoms with Crippen LogP contribution in [0.1, 0.15) is 32.6 Å². The Bertz CT molecular complexity index is 992. The number of ether oxygens (including phenoxy) is 1. The van der Waals surface area contributed by atoms with Gasteiger partial charge in [0.25, 0.3) is 11.6 Å². The van der Waals surface area contributed by atoms with Crippen molar-refractivity contribution in [3.8, 4) is 11.3 Å². The van der Waals surface area contributed by atoms with Crippen LogP contribution in [-0.4, -0.2) is 51.8 Å². The fraction of sp³-hybridized carbons (Fsp3) is 0.400. The number of esters is 1. The maximum absolute atomic E-state index is 12.4. The number of carbonyl (C=O) groups excluding carboxylic acids is 3. The molecule has 1 N–H and O–H groups in total. The molecule has 1 aromatic carbocycles. The van der Waals surface area contributed by atoms with Crippen molar-refractivity contribution in [3.05, 3.63) is 39.8 Å². The Balaban J connectivity index is 1.55. The maximum atomic E-state index is 12.4. The predicted molar refractivity (Wildman–Crippen MR) is 113 cm³/mol. The van der Waals surface area contributed by atoms with Crippen LogP contribution in [0.5, 0.6) is 0 Å². The minimum Gasteiger partial charge on any atom is -0.451 e. The largest absolute Gasteiger partial charge is 0.451 e. The van der Waals surface area contributed by atoms with Crippen LogP contribution in [0.3, 0.4) is 0 Å². The van der Waals surface area contributed by atoms with Crippen molar-refractivity contribution in [2.45, 2.75) is 38.7 Å². The lowest BCUT2D eigenvalue weighted by Crippen LogP contribution is -2.38. The molecule has 31 heavy (non-hydrogen) atoms. The second kappa shape index (κ2) is 10.1. The molecular weight excluding hydrogens is 424 g/mol. The minimum atomic E-state index is -1.07. The third-order valence-corrected chi connectivity index (χ3v) is 5.51. The molecule has 0 spiro atoms. The van der Waals surface area contributed by atoms with Gasteiger partial charge >= 0.3 is 5.97 Å². The monoisotopic (exact) mass is 446 g/mol. The van der Waals surface area contributed by atoms with Gasteiger partial charge in [-0.25, -0.2) is 4.98 Å². The van der Waals surface area contributed by atoms with Gasteiger partial charge in [0.1, 0.15) is 6.54 Å². The SMILES string of the molecule is CC(OC(=O)CN1CCCCCC1=O)C(=O)Nc1nc(-c2cccc([N+](=O)[O-])c2)cs1. The quantitative estimate of drug-likeness (QED) is 0.393. The second-order valence-corrected chi connectivity index (χ2v) is 7.95. The summed E-state index contributed by atoms with van der Waals surface area (Å²) in [6, 6.07) is 6.02. The van der Waals surface area contributed by atoms with E-state index in [4.69, 9.17) is 4.74 Å². The van der Waals surface area contributed by atoms with Gasteiger partial charge in [-0.3, -0.25) is 29.8 Å². The third kappa shape index (κ3) is 6.07. The summed E-state index contributed by atoms with van der Waals surface area (Å²) in [6.07, 6.45) is 1.95. The minimum absolute atomic E-state index is 0.0560. The average molecular weight is 446 g/mol. The standard InChI is InChI=1S/C20H22N4O6S/c1-13(30-18(26)11-23-9-4-2-3-8-17(23)25)19(27)22-20-21-16(12-31-20)14-6-5-7-15(10-14)24(28)29/h5-7,10,12-13H,2-4,8-9,11H2,1H3,(H,21,22,27). The van der Waals surface area contributed by atoms with E-state index < -0.39 is 22.9 Å². The molecule has 10 nitrogen and oxygen atoms in total. The van der Waals surface area contributed by atoms with Crippen LogP contribution in [0, 0.1) is 10.1 Å². The summed E-state index contributed by atoms with van der Waals surface area (Å²) >= 11 is 1.15. The summed E-state index contributed by atoms with van der Waals surface area (Å²) in [6.45, 7) is 1.77. The first-order chi connectivity index (χ1) is 14.8. The Labute approximate surface area is 182 Å². The topological polar surface area (TPSA) is 132 Å². The van der Waals surface area contributed by atoms with E-state index in [-0.39, 0.29) is 23.3 Å². The number of rotatable bonds is 7. The van der Waals surface area contributed by atoms with E-state index in [1.54, 1.807) is 17.5 Å². The fourth-order valence-electron chi connectivity index (χ4n) is 3.10. The molecule has 2 heterocycles. The lowest BCUT2D eigenvalue weighted by Gasteiger charge is -2.20. The van der Waals surface area contributed by atoms with Gasteiger partial charge in [0.15, 0.2) is 11.2 Å². The lowest BCUT2D eigenvalue weighted by atomic mass is 10.1. The van der Waals surface area contributed by atoms with Crippen molar-refractivity contribution < 1.29 is 24.0 Å². The summed E-state index contributed by atoms with van der Waals surface area (Å²) in [5.41, 5.74) is 0.973. The van der Waals surface area contributed by atoms with Crippen LogP contribution >= 0.6 is 11.3 Å². The summed E-state index contributed by atoms with van der Waals surface area (Å²) in [4.78, 5) is 52.7. The number of thiazole rings is 1. The number of nitrogens with zero attached hydrogens (tertiary/aromatic N) is 3. The fourth-order valence-corrected chi connectivity index (χ4v) is 3.82. The number of aromatic nitrogens is 1. The molecule has 1 fully saturated rings. The summed E-state index contributed by atoms with van der Waals surface area (Å²) in [5.74, 6) is -1.28. The zero-order chi connectivity index (χ0) is 22.4. The number of carbonyl (C=O) groups is 3. The first-order valence-corrected chi connectivity index (χ1v) is 10.7. The molecular formula is C20H22N4O6S. The van der Waals surface area contributed by atoms with Crippen molar-refractivity contribution in [2.75, 3.05) is 18.4 Å². The molecule has 11 heteroatoms. The number of amides is 2. The predicted octanol–water partition coefficient (Wildman–Crippen LogP) is 2.99. The Kier molecular flexibility index (Phi) is 7.29. The van der Waals surface area contributed by atoms with E-state index in [9.17, 15) is 24.5 Å². The summed E-state index contributed by atoms with van der Waals surface area (Å²) in [7, 11) is 0. The maximum Gasteiger partial charge on any atom is 0.326 e. The van der Waals surface area contributed by atoms with E-state index in [1.165, 1.54) is 24.0 Å². The Hall–Kier alpha value is -3.34. The first kappa shape index (κ1) is 22.3. The van der Waals surface area contributed by atoms with Gasteiger partial charge in [-0.05, 0) is 19.8 Å². The highest BCUT2D eigenvalue weighted by atomic mass is 32.1. The zero-order valence-electron chi connectivity index (χ0n) is 16.9. The Morgan fingerprint density at radius 2 is 2.16 bits per heavy atom. The molecule has 0 radical (unpaired) electrons.